The Morgan fingerprint density at radius 3 is 2.75 bits per heavy atom. The van der Waals surface area contributed by atoms with E-state index in [0.717, 1.165) is 19.4 Å². The number of unbranched alkanes of at least 4 members (excludes halogenated alkanes) is 2. The molecule has 1 aliphatic heterocycles. The molecule has 0 amide bonds. The van der Waals surface area contributed by atoms with Gasteiger partial charge in [-0.15, -0.1) is 0 Å². The summed E-state index contributed by atoms with van der Waals surface area (Å²) < 4.78 is 0. The van der Waals surface area contributed by atoms with E-state index in [4.69, 9.17) is 0 Å². The number of hydrogen-bond acceptors (Lipinski definition) is 8. The molecular formula is C19H28N6O2S. The molecule has 2 aromatic rings. The molecule has 28 heavy (non-hydrogen) atoms. The lowest BCUT2D eigenvalue weighted by molar-refractivity contribution is -0.383. The highest BCUT2D eigenvalue weighted by molar-refractivity contribution is 7.99. The van der Waals surface area contributed by atoms with E-state index in [1.54, 1.807) is 12.1 Å². The maximum absolute atomic E-state index is 11.4. The van der Waals surface area contributed by atoms with Crippen LogP contribution in [0, 0.1) is 10.1 Å². The van der Waals surface area contributed by atoms with Crippen LogP contribution in [0.3, 0.4) is 0 Å². The lowest BCUT2D eigenvalue weighted by atomic mass is 10.1. The average molecular weight is 405 g/mol. The van der Waals surface area contributed by atoms with E-state index < -0.39 is 0 Å². The zero-order valence-corrected chi connectivity index (χ0v) is 17.1. The second-order valence-corrected chi connectivity index (χ2v) is 8.06. The third-order valence-electron chi connectivity index (χ3n) is 4.86. The lowest BCUT2D eigenvalue weighted by Crippen LogP contribution is -2.33. The molecule has 0 bridgehead atoms. The number of nitro benzene ring substituents is 1. The molecule has 1 aliphatic rings. The topological polar surface area (TPSA) is 96.2 Å². The van der Waals surface area contributed by atoms with E-state index >= 15 is 0 Å². The van der Waals surface area contributed by atoms with Crippen molar-refractivity contribution in [2.24, 2.45) is 0 Å². The van der Waals surface area contributed by atoms with Gasteiger partial charge >= 0.3 is 0 Å². The minimum absolute atomic E-state index is 0.0481. The van der Waals surface area contributed by atoms with E-state index in [1.165, 1.54) is 43.9 Å². The first-order chi connectivity index (χ1) is 13.7. The Morgan fingerprint density at radius 2 is 2.00 bits per heavy atom. The van der Waals surface area contributed by atoms with E-state index in [-0.39, 0.29) is 10.6 Å². The summed E-state index contributed by atoms with van der Waals surface area (Å²) in [5, 5.41) is 18.5. The summed E-state index contributed by atoms with van der Waals surface area (Å²) in [5.41, 5.74) is 1.23. The van der Waals surface area contributed by atoms with Gasteiger partial charge in [-0.1, -0.05) is 6.42 Å². The van der Waals surface area contributed by atoms with Gasteiger partial charge in [0, 0.05) is 49.1 Å². The fraction of sp³-hybridized carbons (Fsp3) is 0.579. The average Bonchev–Trinajstić information content (AvgIpc) is 2.71. The Kier molecular flexibility index (Phi) is 7.67. The quantitative estimate of drug-likeness (QED) is 0.352. The first-order valence-electron chi connectivity index (χ1n) is 9.90. The Bertz CT molecular complexity index is 797. The molecule has 3 rings (SSSR count). The monoisotopic (exact) mass is 404 g/mol. The molecule has 2 N–H and O–H groups in total. The number of benzene rings is 1. The summed E-state index contributed by atoms with van der Waals surface area (Å²) in [7, 11) is 0. The van der Waals surface area contributed by atoms with Gasteiger partial charge < -0.3 is 15.5 Å². The number of anilines is 2. The number of nitrogens with one attached hydrogen (secondary N) is 2. The molecule has 1 aromatic heterocycles. The van der Waals surface area contributed by atoms with Gasteiger partial charge in [-0.25, -0.2) is 9.97 Å². The van der Waals surface area contributed by atoms with Crippen LogP contribution in [-0.2, 0) is 0 Å². The molecule has 152 valence electrons. The van der Waals surface area contributed by atoms with Crippen LogP contribution in [0.15, 0.2) is 18.5 Å². The Hall–Kier alpha value is -2.13. The molecule has 0 spiro atoms. The molecule has 9 heteroatoms. The molecular weight excluding hydrogens is 376 g/mol. The van der Waals surface area contributed by atoms with Gasteiger partial charge in [-0.05, 0) is 32.4 Å². The molecule has 0 aliphatic carbocycles. The third-order valence-corrected chi connectivity index (χ3v) is 5.81. The summed E-state index contributed by atoms with van der Waals surface area (Å²) >= 11 is 2.04. The van der Waals surface area contributed by atoms with Gasteiger partial charge in [-0.2, -0.15) is 11.8 Å². The van der Waals surface area contributed by atoms with Crippen LogP contribution in [0.4, 0.5) is 17.2 Å². The number of nitrogens with zero attached hydrogens (tertiary/aromatic N) is 4. The van der Waals surface area contributed by atoms with Crippen LogP contribution >= 0.6 is 11.8 Å². The normalized spacial score (nSPS) is 14.9. The molecule has 0 radical (unpaired) electrons. The zero-order chi connectivity index (χ0) is 19.8. The molecule has 0 unspecified atom stereocenters. The van der Waals surface area contributed by atoms with Gasteiger partial charge in [0.1, 0.15) is 17.8 Å². The Morgan fingerprint density at radius 1 is 1.18 bits per heavy atom. The van der Waals surface area contributed by atoms with Gasteiger partial charge in [0.15, 0.2) is 0 Å². The molecule has 2 heterocycles. The first-order valence-corrected chi connectivity index (χ1v) is 11.1. The van der Waals surface area contributed by atoms with Crippen LogP contribution in [0.5, 0.6) is 0 Å². The van der Waals surface area contributed by atoms with Gasteiger partial charge in [0.2, 0.25) is 0 Å². The molecule has 0 saturated carbocycles. The van der Waals surface area contributed by atoms with Crippen LogP contribution in [-0.4, -0.2) is 64.0 Å². The fourth-order valence-electron chi connectivity index (χ4n) is 3.38. The van der Waals surface area contributed by atoms with Crippen LogP contribution in [0.2, 0.25) is 0 Å². The van der Waals surface area contributed by atoms with E-state index in [1.807, 2.05) is 18.7 Å². The van der Waals surface area contributed by atoms with Crippen molar-refractivity contribution in [3.8, 4) is 0 Å². The summed E-state index contributed by atoms with van der Waals surface area (Å²) in [6.07, 6.45) is 4.91. The van der Waals surface area contributed by atoms with Crippen molar-refractivity contribution in [2.75, 3.05) is 54.9 Å². The molecule has 1 fully saturated rings. The van der Waals surface area contributed by atoms with Crippen molar-refractivity contribution in [1.82, 2.24) is 14.9 Å². The van der Waals surface area contributed by atoms with E-state index in [2.05, 4.69) is 25.5 Å². The number of nitro groups is 1. The van der Waals surface area contributed by atoms with Crippen molar-refractivity contribution in [3.63, 3.8) is 0 Å². The molecule has 8 nitrogen and oxygen atoms in total. The Balaban J connectivity index is 1.56. The standard InChI is InChI=1S/C19H28N6O2S/c1-2-20-17-13-16-15(12-18(17)25(26)27)19(23-14-22-16)21-6-4-3-5-7-24-8-10-28-11-9-24/h12-14,20H,2-11H2,1H3,(H,21,22,23). The SMILES string of the molecule is CCNc1cc2ncnc(NCCCCCN3CCSCC3)c2cc1[N+](=O)[O-]. The van der Waals surface area contributed by atoms with Gasteiger partial charge in [-0.3, -0.25) is 10.1 Å². The summed E-state index contributed by atoms with van der Waals surface area (Å²) in [4.78, 5) is 22.2. The first kappa shape index (κ1) is 20.6. The number of thioether (sulfide) groups is 1. The maximum atomic E-state index is 11.4. The van der Waals surface area contributed by atoms with Gasteiger partial charge in [0.05, 0.1) is 10.4 Å². The minimum atomic E-state index is -0.368. The van der Waals surface area contributed by atoms with Crippen molar-refractivity contribution < 1.29 is 4.92 Å². The van der Waals surface area contributed by atoms with Crippen LogP contribution in [0.1, 0.15) is 26.2 Å². The summed E-state index contributed by atoms with van der Waals surface area (Å²) in [6.45, 7) is 6.91. The Labute approximate surface area is 169 Å². The van der Waals surface area contributed by atoms with E-state index in [9.17, 15) is 10.1 Å². The fourth-order valence-corrected chi connectivity index (χ4v) is 4.36. The lowest BCUT2D eigenvalue weighted by Gasteiger charge is -2.25. The zero-order valence-electron chi connectivity index (χ0n) is 16.3. The highest BCUT2D eigenvalue weighted by Gasteiger charge is 2.17. The highest BCUT2D eigenvalue weighted by Crippen LogP contribution is 2.31. The number of hydrogen-bond donors (Lipinski definition) is 2. The van der Waals surface area contributed by atoms with Gasteiger partial charge in [0.25, 0.3) is 5.69 Å². The van der Waals surface area contributed by atoms with Crippen molar-refractivity contribution in [2.45, 2.75) is 26.2 Å². The highest BCUT2D eigenvalue weighted by atomic mass is 32.2. The predicted octanol–water partition coefficient (Wildman–Crippen LogP) is 3.60. The smallest absolute Gasteiger partial charge is 0.293 e. The molecule has 0 atom stereocenters. The van der Waals surface area contributed by atoms with Crippen molar-refractivity contribution in [1.29, 1.82) is 0 Å². The second kappa shape index (κ2) is 10.4. The number of aromatic nitrogens is 2. The van der Waals surface area contributed by atoms with E-state index in [0.29, 0.717) is 29.0 Å². The van der Waals surface area contributed by atoms with Crippen LogP contribution < -0.4 is 10.6 Å². The van der Waals surface area contributed by atoms with Crippen molar-refractivity contribution >= 4 is 39.9 Å². The second-order valence-electron chi connectivity index (χ2n) is 6.84. The predicted molar refractivity (Wildman–Crippen MR) is 116 cm³/mol. The number of fused-ring (bicyclic) bond motifs is 1. The maximum Gasteiger partial charge on any atom is 0.293 e. The van der Waals surface area contributed by atoms with Crippen LogP contribution in [0.25, 0.3) is 10.9 Å². The van der Waals surface area contributed by atoms with Crippen molar-refractivity contribution in [3.05, 3.63) is 28.6 Å². The molecule has 1 saturated heterocycles. The summed E-state index contributed by atoms with van der Waals surface area (Å²) in [5.74, 6) is 3.16. The number of rotatable bonds is 10. The summed E-state index contributed by atoms with van der Waals surface area (Å²) in [6, 6.07) is 3.28. The largest absolute Gasteiger partial charge is 0.380 e. The molecule has 1 aromatic carbocycles. The third kappa shape index (κ3) is 5.45. The minimum Gasteiger partial charge on any atom is -0.380 e.